The molecule has 8 heteroatoms. The van der Waals surface area contributed by atoms with E-state index in [4.69, 9.17) is 19.9 Å². The normalized spacial score (nSPS) is 12.2. The maximum atomic E-state index is 9.40. The number of aromatic nitrogens is 3. The van der Waals surface area contributed by atoms with Crippen molar-refractivity contribution in [3.8, 4) is 29.2 Å². The Bertz CT molecular complexity index is 983. The topological polar surface area (TPSA) is 100 Å². The largest absolute Gasteiger partial charge is 0.454 e. The second-order valence-corrected chi connectivity index (χ2v) is 5.56. The van der Waals surface area contributed by atoms with Gasteiger partial charge in [0.1, 0.15) is 23.3 Å². The van der Waals surface area contributed by atoms with Crippen LogP contribution in [-0.4, -0.2) is 20.9 Å². The van der Waals surface area contributed by atoms with Crippen molar-refractivity contribution in [2.45, 2.75) is 6.54 Å². The Morgan fingerprint density at radius 3 is 2.92 bits per heavy atom. The van der Waals surface area contributed by atoms with E-state index in [1.165, 1.54) is 0 Å². The van der Waals surface area contributed by atoms with Gasteiger partial charge >= 0.3 is 0 Å². The molecule has 1 aliphatic rings. The minimum absolute atomic E-state index is 0.190. The lowest BCUT2D eigenvalue weighted by Crippen LogP contribution is -2.09. The quantitative estimate of drug-likeness (QED) is 0.783. The van der Waals surface area contributed by atoms with Crippen LogP contribution in [0.3, 0.4) is 0 Å². The monoisotopic (exact) mass is 337 g/mol. The van der Waals surface area contributed by atoms with E-state index in [1.807, 2.05) is 17.8 Å². The van der Waals surface area contributed by atoms with Crippen molar-refractivity contribution in [3.63, 3.8) is 0 Å². The summed E-state index contributed by atoms with van der Waals surface area (Å²) in [6, 6.07) is 8.98. The van der Waals surface area contributed by atoms with Crippen molar-refractivity contribution in [1.29, 1.82) is 5.26 Å². The summed E-state index contributed by atoms with van der Waals surface area (Å²) < 4.78 is 20.2. The Morgan fingerprint density at radius 1 is 1.32 bits per heavy atom. The van der Waals surface area contributed by atoms with Crippen molar-refractivity contribution < 1.29 is 14.2 Å². The summed E-state index contributed by atoms with van der Waals surface area (Å²) in [5.74, 6) is 2.99. The van der Waals surface area contributed by atoms with Gasteiger partial charge < -0.3 is 24.5 Å². The molecule has 2 N–H and O–H groups in total. The highest BCUT2D eigenvalue weighted by Gasteiger charge is 2.19. The van der Waals surface area contributed by atoms with Crippen LogP contribution in [0.1, 0.15) is 11.5 Å². The van der Waals surface area contributed by atoms with E-state index in [-0.39, 0.29) is 6.79 Å². The molecule has 8 nitrogen and oxygen atoms in total. The molecule has 1 aliphatic heterocycles. The average molecular weight is 337 g/mol. The number of nitrogen functional groups attached to an aromatic ring is 1. The van der Waals surface area contributed by atoms with E-state index in [1.54, 1.807) is 35.0 Å². The predicted octanol–water partition coefficient (Wildman–Crippen LogP) is 2.24. The summed E-state index contributed by atoms with van der Waals surface area (Å²) in [4.78, 5) is 4.29. The molecule has 0 amide bonds. The minimum atomic E-state index is 0.190. The number of imidazole rings is 1. The van der Waals surface area contributed by atoms with Crippen LogP contribution >= 0.6 is 0 Å². The molecule has 1 aromatic carbocycles. The molecule has 0 bridgehead atoms. The Balaban J connectivity index is 1.70. The van der Waals surface area contributed by atoms with Crippen LogP contribution < -0.4 is 19.9 Å². The number of hydrogen-bond donors (Lipinski definition) is 1. The van der Waals surface area contributed by atoms with Gasteiger partial charge in [0.05, 0.1) is 12.2 Å². The third kappa shape index (κ3) is 2.61. The molecule has 25 heavy (non-hydrogen) atoms. The molecule has 2 aromatic heterocycles. The number of ether oxygens (including phenoxy) is 3. The zero-order valence-electron chi connectivity index (χ0n) is 13.5. The zero-order chi connectivity index (χ0) is 17.4. The van der Waals surface area contributed by atoms with E-state index in [0.29, 0.717) is 41.1 Å². The number of hydrogen-bond acceptors (Lipinski definition) is 6. The van der Waals surface area contributed by atoms with E-state index < -0.39 is 0 Å². The molecule has 0 saturated heterocycles. The maximum Gasteiger partial charge on any atom is 0.231 e. The van der Waals surface area contributed by atoms with Gasteiger partial charge in [-0.2, -0.15) is 5.26 Å². The first-order chi connectivity index (χ1) is 12.2. The molecule has 0 aliphatic carbocycles. The fourth-order valence-corrected chi connectivity index (χ4v) is 2.66. The van der Waals surface area contributed by atoms with E-state index in [0.717, 1.165) is 5.82 Å². The Morgan fingerprint density at radius 2 is 2.16 bits per heavy atom. The summed E-state index contributed by atoms with van der Waals surface area (Å²) in [7, 11) is 1.89. The lowest BCUT2D eigenvalue weighted by atomic mass is 10.3. The number of nitrogens with two attached hydrogens (primary N) is 1. The molecule has 0 unspecified atom stereocenters. The summed E-state index contributed by atoms with van der Waals surface area (Å²) in [5.41, 5.74) is 6.84. The van der Waals surface area contributed by atoms with Crippen molar-refractivity contribution in [3.05, 3.63) is 48.2 Å². The van der Waals surface area contributed by atoms with Crippen molar-refractivity contribution in [1.82, 2.24) is 14.1 Å². The second kappa shape index (κ2) is 5.79. The SMILES string of the molecule is Cn1ccnc1Cn1c(C#N)cc(N)c1Oc1ccc2c(c1)OCO2. The van der Waals surface area contributed by atoms with E-state index in [2.05, 4.69) is 11.1 Å². The van der Waals surface area contributed by atoms with Crippen LogP contribution in [0, 0.1) is 11.3 Å². The second-order valence-electron chi connectivity index (χ2n) is 5.56. The van der Waals surface area contributed by atoms with Crippen LogP contribution in [-0.2, 0) is 13.6 Å². The van der Waals surface area contributed by atoms with Gasteiger partial charge in [0.15, 0.2) is 11.5 Å². The highest BCUT2D eigenvalue weighted by Crippen LogP contribution is 2.38. The summed E-state index contributed by atoms with van der Waals surface area (Å²) in [6.45, 7) is 0.554. The number of rotatable bonds is 4. The molecule has 126 valence electrons. The summed E-state index contributed by atoms with van der Waals surface area (Å²) >= 11 is 0. The number of anilines is 1. The number of fused-ring (bicyclic) bond motifs is 1. The molecule has 0 spiro atoms. The van der Waals surface area contributed by atoms with Gasteiger partial charge in [0.25, 0.3) is 0 Å². The van der Waals surface area contributed by atoms with Crippen LogP contribution in [0.15, 0.2) is 36.7 Å². The Kier molecular flexibility index (Phi) is 3.47. The van der Waals surface area contributed by atoms with Crippen molar-refractivity contribution in [2.75, 3.05) is 12.5 Å². The number of aryl methyl sites for hydroxylation is 1. The molecule has 4 rings (SSSR count). The lowest BCUT2D eigenvalue weighted by molar-refractivity contribution is 0.174. The zero-order valence-corrected chi connectivity index (χ0v) is 13.5. The van der Waals surface area contributed by atoms with Gasteiger partial charge in [-0.25, -0.2) is 4.98 Å². The average Bonchev–Trinajstić information content (AvgIpc) is 3.30. The van der Waals surface area contributed by atoms with Crippen molar-refractivity contribution >= 4 is 5.69 Å². The van der Waals surface area contributed by atoms with Crippen molar-refractivity contribution in [2.24, 2.45) is 7.05 Å². The number of benzene rings is 1. The molecular weight excluding hydrogens is 322 g/mol. The molecule has 0 saturated carbocycles. The van der Waals surface area contributed by atoms with Crippen LogP contribution in [0.4, 0.5) is 5.69 Å². The van der Waals surface area contributed by atoms with Crippen LogP contribution in [0.25, 0.3) is 0 Å². The van der Waals surface area contributed by atoms with Gasteiger partial charge in [-0.05, 0) is 12.1 Å². The fraction of sp³-hybridized carbons (Fsp3) is 0.176. The molecular formula is C17H15N5O3. The fourth-order valence-electron chi connectivity index (χ4n) is 2.66. The van der Waals surface area contributed by atoms with Crippen LogP contribution in [0.2, 0.25) is 0 Å². The summed E-state index contributed by atoms with van der Waals surface area (Å²) in [5, 5.41) is 9.40. The first kappa shape index (κ1) is 15.0. The minimum Gasteiger partial charge on any atom is -0.454 e. The maximum absolute atomic E-state index is 9.40. The van der Waals surface area contributed by atoms with Gasteiger partial charge in [-0.15, -0.1) is 0 Å². The van der Waals surface area contributed by atoms with E-state index >= 15 is 0 Å². The Hall–Kier alpha value is -3.60. The standard InChI is InChI=1S/C17H15N5O3/c1-21-5-4-20-16(21)9-22-11(8-18)6-13(19)17(22)25-12-2-3-14-15(7-12)24-10-23-14/h2-7H,9-10,19H2,1H3. The van der Waals surface area contributed by atoms with Gasteiger partial charge in [-0.1, -0.05) is 0 Å². The van der Waals surface area contributed by atoms with Crippen LogP contribution in [0.5, 0.6) is 23.1 Å². The smallest absolute Gasteiger partial charge is 0.231 e. The van der Waals surface area contributed by atoms with E-state index in [9.17, 15) is 5.26 Å². The highest BCUT2D eigenvalue weighted by molar-refractivity contribution is 5.57. The Labute approximate surface area is 143 Å². The molecule has 0 radical (unpaired) electrons. The van der Waals surface area contributed by atoms with Gasteiger partial charge in [-0.3, -0.25) is 4.57 Å². The lowest BCUT2D eigenvalue weighted by Gasteiger charge is -2.12. The van der Waals surface area contributed by atoms with Gasteiger partial charge in [0.2, 0.25) is 12.7 Å². The third-order valence-electron chi connectivity index (χ3n) is 3.97. The molecule has 3 aromatic rings. The first-order valence-corrected chi connectivity index (χ1v) is 7.58. The highest BCUT2D eigenvalue weighted by atomic mass is 16.7. The third-order valence-corrected chi connectivity index (χ3v) is 3.97. The number of nitriles is 1. The van der Waals surface area contributed by atoms with Gasteiger partial charge in [0, 0.05) is 31.6 Å². The summed E-state index contributed by atoms with van der Waals surface area (Å²) in [6.07, 6.45) is 3.54. The predicted molar refractivity (Wildman–Crippen MR) is 88.5 cm³/mol. The first-order valence-electron chi connectivity index (χ1n) is 7.58. The molecule has 0 atom stereocenters. The molecule has 0 fully saturated rings. The number of nitrogens with zero attached hydrogens (tertiary/aromatic N) is 4. The molecule has 3 heterocycles.